The van der Waals surface area contributed by atoms with E-state index in [1.807, 2.05) is 36.4 Å². The van der Waals surface area contributed by atoms with Crippen LogP contribution in [0, 0.1) is 0 Å². The van der Waals surface area contributed by atoms with Gasteiger partial charge in [-0.05, 0) is 29.8 Å². The Bertz CT molecular complexity index is 819. The van der Waals surface area contributed by atoms with Crippen molar-refractivity contribution in [3.63, 3.8) is 0 Å². The quantitative estimate of drug-likeness (QED) is 0.249. The zero-order chi connectivity index (χ0) is 16.7. The number of halogens is 2. The topological polar surface area (TPSA) is 45.5 Å². The summed E-state index contributed by atoms with van der Waals surface area (Å²) in [7, 11) is 9.63. The van der Waals surface area contributed by atoms with Crippen molar-refractivity contribution in [2.45, 2.75) is 6.92 Å². The van der Waals surface area contributed by atoms with E-state index in [-0.39, 0.29) is 15.9 Å². The second-order valence-corrected chi connectivity index (χ2v) is 7.03. The maximum atomic E-state index is 8.87. The summed E-state index contributed by atoms with van der Waals surface area (Å²) in [6, 6.07) is 20.1. The molecule has 0 saturated heterocycles. The van der Waals surface area contributed by atoms with Crippen molar-refractivity contribution in [2.75, 3.05) is 0 Å². The molecule has 2 aromatic carbocycles. The SMILES string of the molecule is C/C(=N\O)c1cccc(-c2cccc3ccccc23)n1.[Cl][Pd][Cl]. The third-order valence-electron chi connectivity index (χ3n) is 3.34. The van der Waals surface area contributed by atoms with Crippen LogP contribution in [0.25, 0.3) is 22.0 Å². The van der Waals surface area contributed by atoms with Gasteiger partial charge < -0.3 is 5.21 Å². The van der Waals surface area contributed by atoms with Gasteiger partial charge in [-0.25, -0.2) is 4.98 Å². The Labute approximate surface area is 151 Å². The number of nitrogens with zero attached hydrogens (tertiary/aromatic N) is 2. The molecule has 0 bridgehead atoms. The summed E-state index contributed by atoms with van der Waals surface area (Å²) in [6.07, 6.45) is 0. The van der Waals surface area contributed by atoms with Crippen LogP contribution in [0.1, 0.15) is 12.6 Å². The molecule has 1 heterocycles. The Balaban J connectivity index is 0.000000595. The molecule has 0 aliphatic heterocycles. The number of fused-ring (bicyclic) bond motifs is 1. The van der Waals surface area contributed by atoms with E-state index in [4.69, 9.17) is 24.3 Å². The fraction of sp³-hybridized carbons (Fsp3) is 0.0588. The van der Waals surface area contributed by atoms with Crippen LogP contribution in [0.4, 0.5) is 0 Å². The molecule has 1 aromatic heterocycles. The zero-order valence-electron chi connectivity index (χ0n) is 12.2. The minimum atomic E-state index is -0.106. The van der Waals surface area contributed by atoms with Gasteiger partial charge in [-0.1, -0.05) is 53.7 Å². The Morgan fingerprint density at radius 1 is 1.00 bits per heavy atom. The van der Waals surface area contributed by atoms with E-state index >= 15 is 0 Å². The first kappa shape index (κ1) is 17.9. The molecule has 3 nitrogen and oxygen atoms in total. The van der Waals surface area contributed by atoms with Gasteiger partial charge in [-0.15, -0.1) is 0 Å². The number of aromatic nitrogens is 1. The zero-order valence-corrected chi connectivity index (χ0v) is 15.3. The molecule has 0 fully saturated rings. The van der Waals surface area contributed by atoms with Gasteiger partial charge in [0.1, 0.15) is 5.71 Å². The number of hydrogen-bond acceptors (Lipinski definition) is 3. The predicted molar refractivity (Wildman–Crippen MR) is 92.9 cm³/mol. The first-order valence-electron chi connectivity index (χ1n) is 6.68. The molecule has 0 amide bonds. The number of pyridine rings is 1. The molecule has 23 heavy (non-hydrogen) atoms. The van der Waals surface area contributed by atoms with Crippen molar-refractivity contribution in [3.8, 4) is 11.3 Å². The van der Waals surface area contributed by atoms with E-state index in [2.05, 4.69) is 34.4 Å². The second-order valence-electron chi connectivity index (χ2n) is 4.67. The standard InChI is InChI=1S/C17H14N2O.2ClH.Pd/c1-12(19-20)16-10-5-11-17(18-16)15-9-4-7-13-6-2-3-8-14(13)15;;;/h2-11,20H,1H3;2*1H;/q;;;+2/p-2/b19-12+;;;. The van der Waals surface area contributed by atoms with Gasteiger partial charge in [0.05, 0.1) is 11.4 Å². The normalized spacial score (nSPS) is 11.2. The molecule has 1 N–H and O–H groups in total. The van der Waals surface area contributed by atoms with Gasteiger partial charge in [0.15, 0.2) is 0 Å². The van der Waals surface area contributed by atoms with E-state index in [0.29, 0.717) is 11.4 Å². The van der Waals surface area contributed by atoms with Crippen LogP contribution in [-0.4, -0.2) is 15.9 Å². The summed E-state index contributed by atoms with van der Waals surface area (Å²) in [4.78, 5) is 4.57. The summed E-state index contributed by atoms with van der Waals surface area (Å²) >= 11 is -0.106. The van der Waals surface area contributed by atoms with Crippen LogP contribution in [0.15, 0.2) is 65.8 Å². The van der Waals surface area contributed by atoms with E-state index in [1.165, 1.54) is 10.8 Å². The van der Waals surface area contributed by atoms with Crippen molar-refractivity contribution in [2.24, 2.45) is 5.16 Å². The third kappa shape index (κ3) is 4.53. The summed E-state index contributed by atoms with van der Waals surface area (Å²) in [6.45, 7) is 1.73. The second kappa shape index (κ2) is 9.00. The number of rotatable bonds is 2. The number of benzene rings is 2. The maximum absolute atomic E-state index is 8.87. The van der Waals surface area contributed by atoms with Gasteiger partial charge in [0.25, 0.3) is 0 Å². The average molecular weight is 440 g/mol. The fourth-order valence-corrected chi connectivity index (χ4v) is 2.29. The van der Waals surface area contributed by atoms with Crippen molar-refractivity contribution < 1.29 is 21.1 Å². The summed E-state index contributed by atoms with van der Waals surface area (Å²) in [5, 5.41) is 14.4. The molecule has 3 rings (SSSR count). The van der Waals surface area contributed by atoms with Crippen molar-refractivity contribution >= 4 is 35.5 Å². The van der Waals surface area contributed by atoms with Crippen molar-refractivity contribution in [1.29, 1.82) is 0 Å². The van der Waals surface area contributed by atoms with Gasteiger partial charge >= 0.3 is 35.0 Å². The van der Waals surface area contributed by atoms with Gasteiger partial charge in [0, 0.05) is 5.56 Å². The van der Waals surface area contributed by atoms with Crippen molar-refractivity contribution in [3.05, 3.63) is 66.4 Å². The van der Waals surface area contributed by atoms with Crippen LogP contribution >= 0.6 is 19.1 Å². The number of hydrogen-bond donors (Lipinski definition) is 1. The van der Waals surface area contributed by atoms with Crippen LogP contribution in [0.5, 0.6) is 0 Å². The molecule has 0 radical (unpaired) electrons. The Morgan fingerprint density at radius 3 is 2.39 bits per heavy atom. The molecule has 0 aliphatic rings. The fourth-order valence-electron chi connectivity index (χ4n) is 2.29. The monoisotopic (exact) mass is 438 g/mol. The van der Waals surface area contributed by atoms with E-state index in [9.17, 15) is 0 Å². The first-order valence-corrected chi connectivity index (χ1v) is 10.7. The average Bonchev–Trinajstić information content (AvgIpc) is 2.61. The van der Waals surface area contributed by atoms with Crippen LogP contribution < -0.4 is 0 Å². The predicted octanol–water partition coefficient (Wildman–Crippen LogP) is 5.48. The molecule has 6 heteroatoms. The molecule has 0 unspecified atom stereocenters. The Kier molecular flexibility index (Phi) is 7.01. The van der Waals surface area contributed by atoms with Crippen molar-refractivity contribution in [1.82, 2.24) is 4.98 Å². The minimum absolute atomic E-state index is 0.106. The molecule has 0 aliphatic carbocycles. The van der Waals surface area contributed by atoms with E-state index in [1.54, 1.807) is 6.92 Å². The molecule has 122 valence electrons. The van der Waals surface area contributed by atoms with E-state index < -0.39 is 0 Å². The molecule has 0 saturated carbocycles. The summed E-state index contributed by atoms with van der Waals surface area (Å²) < 4.78 is 0. The number of oxime groups is 1. The molecule has 3 aromatic rings. The Morgan fingerprint density at radius 2 is 1.65 bits per heavy atom. The molecule has 0 spiro atoms. The van der Waals surface area contributed by atoms with Gasteiger partial charge in [0.2, 0.25) is 0 Å². The van der Waals surface area contributed by atoms with Gasteiger partial charge in [-0.3, -0.25) is 0 Å². The summed E-state index contributed by atoms with van der Waals surface area (Å²) in [5.41, 5.74) is 3.14. The first-order chi connectivity index (χ1) is 11.2. The molecule has 0 atom stereocenters. The van der Waals surface area contributed by atoms with E-state index in [0.717, 1.165) is 11.3 Å². The van der Waals surface area contributed by atoms with Gasteiger partial charge in [-0.2, -0.15) is 0 Å². The Hall–Kier alpha value is -1.44. The molecular weight excluding hydrogens is 426 g/mol. The third-order valence-corrected chi connectivity index (χ3v) is 3.34. The summed E-state index contributed by atoms with van der Waals surface area (Å²) in [5.74, 6) is 0. The van der Waals surface area contributed by atoms with Crippen LogP contribution in [0.3, 0.4) is 0 Å². The van der Waals surface area contributed by atoms with Crippen LogP contribution in [-0.2, 0) is 15.9 Å². The molecular formula is C17H14Cl2N2OPd. The van der Waals surface area contributed by atoms with Crippen LogP contribution in [0.2, 0.25) is 0 Å².